The van der Waals surface area contributed by atoms with Gasteiger partial charge in [-0.15, -0.1) is 0 Å². The Balaban J connectivity index is 2.03. The van der Waals surface area contributed by atoms with Crippen molar-refractivity contribution in [3.05, 3.63) is 23.8 Å². The van der Waals surface area contributed by atoms with E-state index in [1.165, 1.54) is 5.56 Å². The normalized spacial score (nSPS) is 24.8. The van der Waals surface area contributed by atoms with Gasteiger partial charge >= 0.3 is 0 Å². The summed E-state index contributed by atoms with van der Waals surface area (Å²) in [7, 11) is 0. The number of benzene rings is 1. The third-order valence-electron chi connectivity index (χ3n) is 4.68. The third-order valence-corrected chi connectivity index (χ3v) is 4.68. The first-order chi connectivity index (χ1) is 9.45. The van der Waals surface area contributed by atoms with Crippen LogP contribution in [0.25, 0.3) is 11.0 Å². The molecule has 1 fully saturated rings. The van der Waals surface area contributed by atoms with E-state index in [0.29, 0.717) is 18.1 Å². The molecule has 0 bridgehead atoms. The summed E-state index contributed by atoms with van der Waals surface area (Å²) in [5.41, 5.74) is 9.59. The zero-order valence-electron chi connectivity index (χ0n) is 12.7. The van der Waals surface area contributed by atoms with Crippen LogP contribution in [0.1, 0.15) is 38.8 Å². The zero-order valence-corrected chi connectivity index (χ0v) is 12.7. The number of nitrogen functional groups attached to an aromatic ring is 1. The molecule has 3 rings (SSSR count). The third kappa shape index (κ3) is 1.82. The summed E-state index contributed by atoms with van der Waals surface area (Å²) >= 11 is 0. The maximum atomic E-state index is 6.17. The summed E-state index contributed by atoms with van der Waals surface area (Å²) in [5, 5.41) is 0. The summed E-state index contributed by atoms with van der Waals surface area (Å²) in [5.74, 6) is 0.610. The minimum atomic E-state index is 0.0848. The van der Waals surface area contributed by atoms with Crippen LogP contribution in [-0.2, 0) is 4.74 Å². The van der Waals surface area contributed by atoms with Crippen LogP contribution in [0.15, 0.2) is 18.2 Å². The van der Waals surface area contributed by atoms with Crippen molar-refractivity contribution in [3.63, 3.8) is 0 Å². The molecule has 0 spiro atoms. The SMILES string of the molecule is CCOC1CC(n2c(N)nc3ccc(C)cc32)C1(C)C. The van der Waals surface area contributed by atoms with Crippen LogP contribution in [0.4, 0.5) is 5.95 Å². The van der Waals surface area contributed by atoms with E-state index in [1.54, 1.807) is 0 Å². The number of ether oxygens (including phenoxy) is 1. The topological polar surface area (TPSA) is 53.1 Å². The van der Waals surface area contributed by atoms with Crippen LogP contribution < -0.4 is 5.73 Å². The summed E-state index contributed by atoms with van der Waals surface area (Å²) in [6.45, 7) is 9.42. The first-order valence-corrected chi connectivity index (χ1v) is 7.30. The van der Waals surface area contributed by atoms with Crippen molar-refractivity contribution in [2.75, 3.05) is 12.3 Å². The van der Waals surface area contributed by atoms with E-state index in [-0.39, 0.29) is 5.41 Å². The van der Waals surface area contributed by atoms with E-state index in [1.807, 2.05) is 13.0 Å². The summed E-state index contributed by atoms with van der Waals surface area (Å²) in [4.78, 5) is 4.49. The lowest BCUT2D eigenvalue weighted by atomic mass is 9.64. The maximum absolute atomic E-state index is 6.17. The molecule has 1 aliphatic carbocycles. The molecule has 1 aromatic heterocycles. The monoisotopic (exact) mass is 273 g/mol. The van der Waals surface area contributed by atoms with Crippen molar-refractivity contribution < 1.29 is 4.74 Å². The molecule has 2 N–H and O–H groups in total. The van der Waals surface area contributed by atoms with Gasteiger partial charge in [-0.3, -0.25) is 0 Å². The number of anilines is 1. The van der Waals surface area contributed by atoms with Crippen LogP contribution in [0.3, 0.4) is 0 Å². The second-order valence-corrected chi connectivity index (χ2v) is 6.35. The Morgan fingerprint density at radius 3 is 2.85 bits per heavy atom. The zero-order chi connectivity index (χ0) is 14.5. The summed E-state index contributed by atoms with van der Waals surface area (Å²) in [6.07, 6.45) is 1.31. The van der Waals surface area contributed by atoms with Gasteiger partial charge in [-0.1, -0.05) is 19.9 Å². The van der Waals surface area contributed by atoms with Gasteiger partial charge in [0, 0.05) is 18.1 Å². The number of imidazole rings is 1. The Kier molecular flexibility index (Phi) is 3.01. The van der Waals surface area contributed by atoms with Gasteiger partial charge in [-0.2, -0.15) is 0 Å². The quantitative estimate of drug-likeness (QED) is 0.933. The van der Waals surface area contributed by atoms with Gasteiger partial charge in [-0.05, 0) is 38.0 Å². The fourth-order valence-electron chi connectivity index (χ4n) is 3.34. The molecule has 0 amide bonds. The minimum Gasteiger partial charge on any atom is -0.378 e. The van der Waals surface area contributed by atoms with Crippen molar-refractivity contribution in [1.82, 2.24) is 9.55 Å². The van der Waals surface area contributed by atoms with Gasteiger partial charge in [-0.25, -0.2) is 4.98 Å². The van der Waals surface area contributed by atoms with Gasteiger partial charge in [0.15, 0.2) is 0 Å². The molecular weight excluding hydrogens is 250 g/mol. The molecule has 0 aliphatic heterocycles. The number of hydrogen-bond acceptors (Lipinski definition) is 3. The van der Waals surface area contributed by atoms with Crippen LogP contribution in [0.2, 0.25) is 0 Å². The van der Waals surface area contributed by atoms with Crippen LogP contribution in [-0.4, -0.2) is 22.3 Å². The van der Waals surface area contributed by atoms with E-state index in [9.17, 15) is 0 Å². The Bertz CT molecular complexity index is 644. The number of aromatic nitrogens is 2. The Labute approximate surface area is 119 Å². The number of fused-ring (bicyclic) bond motifs is 1. The largest absolute Gasteiger partial charge is 0.378 e. The van der Waals surface area contributed by atoms with Gasteiger partial charge in [0.05, 0.1) is 17.1 Å². The van der Waals surface area contributed by atoms with Gasteiger partial charge < -0.3 is 15.0 Å². The lowest BCUT2D eigenvalue weighted by Gasteiger charge is -2.52. The highest BCUT2D eigenvalue weighted by Gasteiger charge is 2.50. The van der Waals surface area contributed by atoms with Crippen molar-refractivity contribution >= 4 is 17.0 Å². The standard InChI is InChI=1S/C16H23N3O/c1-5-20-14-9-13(16(14,3)4)19-12-8-10(2)6-7-11(12)18-15(19)17/h6-8,13-14H,5,9H2,1-4H3,(H2,17,18). The fourth-order valence-corrected chi connectivity index (χ4v) is 3.34. The molecule has 4 nitrogen and oxygen atoms in total. The highest BCUT2D eigenvalue weighted by molar-refractivity contribution is 5.79. The number of hydrogen-bond donors (Lipinski definition) is 1. The van der Waals surface area contributed by atoms with Gasteiger partial charge in [0.25, 0.3) is 0 Å². The van der Waals surface area contributed by atoms with Crippen molar-refractivity contribution in [3.8, 4) is 0 Å². The fraction of sp³-hybridized carbons (Fsp3) is 0.562. The number of rotatable bonds is 3. The van der Waals surface area contributed by atoms with Crippen LogP contribution >= 0.6 is 0 Å². The molecule has 1 aliphatic rings. The van der Waals surface area contributed by atoms with E-state index >= 15 is 0 Å². The molecule has 0 saturated heterocycles. The number of aryl methyl sites for hydroxylation is 1. The predicted octanol–water partition coefficient (Wildman–Crippen LogP) is 3.30. The first-order valence-electron chi connectivity index (χ1n) is 7.30. The number of nitrogens with zero attached hydrogens (tertiary/aromatic N) is 2. The van der Waals surface area contributed by atoms with E-state index < -0.39 is 0 Å². The molecule has 0 radical (unpaired) electrons. The van der Waals surface area contributed by atoms with E-state index in [4.69, 9.17) is 10.5 Å². The Morgan fingerprint density at radius 2 is 2.20 bits per heavy atom. The molecule has 2 unspecified atom stereocenters. The van der Waals surface area contributed by atoms with Crippen molar-refractivity contribution in [1.29, 1.82) is 0 Å². The Morgan fingerprint density at radius 1 is 1.45 bits per heavy atom. The summed E-state index contributed by atoms with van der Waals surface area (Å²) in [6, 6.07) is 6.64. The molecule has 20 heavy (non-hydrogen) atoms. The molecule has 2 aromatic rings. The molecule has 1 saturated carbocycles. The molecule has 108 valence electrons. The van der Waals surface area contributed by atoms with E-state index in [2.05, 4.69) is 42.5 Å². The lowest BCUT2D eigenvalue weighted by Crippen LogP contribution is -2.51. The molecule has 4 heteroatoms. The van der Waals surface area contributed by atoms with Crippen molar-refractivity contribution in [2.45, 2.75) is 46.3 Å². The smallest absolute Gasteiger partial charge is 0.201 e. The van der Waals surface area contributed by atoms with Gasteiger partial charge in [0.1, 0.15) is 0 Å². The maximum Gasteiger partial charge on any atom is 0.201 e. The van der Waals surface area contributed by atoms with Gasteiger partial charge in [0.2, 0.25) is 5.95 Å². The average Bonchev–Trinajstić information content (AvgIpc) is 2.70. The minimum absolute atomic E-state index is 0.0848. The average molecular weight is 273 g/mol. The second-order valence-electron chi connectivity index (χ2n) is 6.35. The first kappa shape index (κ1) is 13.4. The lowest BCUT2D eigenvalue weighted by molar-refractivity contribution is -0.126. The Hall–Kier alpha value is -1.55. The highest BCUT2D eigenvalue weighted by atomic mass is 16.5. The second kappa shape index (κ2) is 4.48. The van der Waals surface area contributed by atoms with Crippen molar-refractivity contribution in [2.24, 2.45) is 5.41 Å². The van der Waals surface area contributed by atoms with E-state index in [0.717, 1.165) is 24.1 Å². The molecule has 2 atom stereocenters. The van der Waals surface area contributed by atoms with Crippen LogP contribution in [0, 0.1) is 12.3 Å². The molecular formula is C16H23N3O. The summed E-state index contributed by atoms with van der Waals surface area (Å²) < 4.78 is 8.01. The number of nitrogens with two attached hydrogens (primary N) is 1. The predicted molar refractivity (Wildman–Crippen MR) is 81.7 cm³/mol. The van der Waals surface area contributed by atoms with Crippen LogP contribution in [0.5, 0.6) is 0 Å². The molecule has 1 aromatic carbocycles. The highest BCUT2D eigenvalue weighted by Crippen LogP contribution is 2.52. The molecule has 1 heterocycles.